The molecule has 0 aromatic carbocycles. The van der Waals surface area contributed by atoms with Gasteiger partial charge in [0, 0.05) is 18.0 Å². The smallest absolute Gasteiger partial charge is 0.267 e. The summed E-state index contributed by atoms with van der Waals surface area (Å²) in [5.74, 6) is -0.181. The first kappa shape index (κ1) is 14.4. The van der Waals surface area contributed by atoms with Crippen LogP contribution in [0.1, 0.15) is 55.8 Å². The van der Waals surface area contributed by atoms with Crippen molar-refractivity contribution in [1.82, 2.24) is 10.4 Å². The summed E-state index contributed by atoms with van der Waals surface area (Å²) in [5, 5.41) is 4.29. The van der Waals surface area contributed by atoms with Crippen LogP contribution in [0.5, 0.6) is 0 Å². The summed E-state index contributed by atoms with van der Waals surface area (Å²) >= 11 is 0. The van der Waals surface area contributed by atoms with Crippen molar-refractivity contribution in [2.24, 2.45) is 5.10 Å². The standard InChI is InChI=1S/C16H21N3O/c1-2-3-4-6-13-7-5-8-15(13)18-19-16(20)14-9-11-17-12-10-14/h7,9-12H,2-6,8H2,1H3,(H,19,20). The predicted octanol–water partition coefficient (Wildman–Crippen LogP) is 3.47. The molecule has 106 valence electrons. The van der Waals surface area contributed by atoms with E-state index < -0.39 is 0 Å². The highest BCUT2D eigenvalue weighted by atomic mass is 16.2. The molecule has 1 N–H and O–H groups in total. The van der Waals surface area contributed by atoms with Crippen molar-refractivity contribution in [3.05, 3.63) is 41.7 Å². The summed E-state index contributed by atoms with van der Waals surface area (Å²) in [6.45, 7) is 2.20. The maximum Gasteiger partial charge on any atom is 0.271 e. The van der Waals surface area contributed by atoms with E-state index in [0.29, 0.717) is 5.56 Å². The number of allylic oxidation sites excluding steroid dienone is 2. The van der Waals surface area contributed by atoms with Gasteiger partial charge in [-0.15, -0.1) is 0 Å². The largest absolute Gasteiger partial charge is 0.271 e. The topological polar surface area (TPSA) is 54.4 Å². The van der Waals surface area contributed by atoms with Crippen molar-refractivity contribution in [1.29, 1.82) is 0 Å². The molecule has 4 heteroatoms. The van der Waals surface area contributed by atoms with Crippen LogP contribution >= 0.6 is 0 Å². The summed E-state index contributed by atoms with van der Waals surface area (Å²) < 4.78 is 0. The average Bonchev–Trinajstić information content (AvgIpc) is 2.93. The van der Waals surface area contributed by atoms with E-state index >= 15 is 0 Å². The fraction of sp³-hybridized carbons (Fsp3) is 0.438. The number of hydrogen-bond donors (Lipinski definition) is 1. The van der Waals surface area contributed by atoms with Crippen LogP contribution in [0.2, 0.25) is 0 Å². The molecule has 1 aliphatic rings. The Balaban J connectivity index is 1.90. The van der Waals surface area contributed by atoms with Crippen molar-refractivity contribution < 1.29 is 4.79 Å². The maximum absolute atomic E-state index is 11.9. The highest BCUT2D eigenvalue weighted by Gasteiger charge is 2.13. The molecule has 1 aromatic rings. The van der Waals surface area contributed by atoms with E-state index in [-0.39, 0.29) is 5.91 Å². The molecule has 1 amide bonds. The van der Waals surface area contributed by atoms with Gasteiger partial charge in [0.05, 0.1) is 5.71 Å². The normalized spacial score (nSPS) is 16.2. The van der Waals surface area contributed by atoms with E-state index in [1.54, 1.807) is 24.5 Å². The second kappa shape index (κ2) is 7.58. The zero-order valence-corrected chi connectivity index (χ0v) is 11.9. The van der Waals surface area contributed by atoms with E-state index in [2.05, 4.69) is 28.5 Å². The molecular formula is C16H21N3O. The molecule has 0 fully saturated rings. The first-order chi connectivity index (χ1) is 9.81. The van der Waals surface area contributed by atoms with Crippen LogP contribution in [0.3, 0.4) is 0 Å². The molecule has 4 nitrogen and oxygen atoms in total. The van der Waals surface area contributed by atoms with E-state index in [9.17, 15) is 4.79 Å². The molecule has 1 aromatic heterocycles. The fourth-order valence-electron chi connectivity index (χ4n) is 2.29. The molecule has 0 bridgehead atoms. The molecule has 2 rings (SSSR count). The van der Waals surface area contributed by atoms with Crippen LogP contribution in [-0.2, 0) is 0 Å². The van der Waals surface area contributed by atoms with Gasteiger partial charge in [0.2, 0.25) is 0 Å². The Labute approximate surface area is 120 Å². The fourth-order valence-corrected chi connectivity index (χ4v) is 2.29. The second-order valence-electron chi connectivity index (χ2n) is 4.96. The molecular weight excluding hydrogens is 250 g/mol. The third-order valence-electron chi connectivity index (χ3n) is 3.43. The molecule has 20 heavy (non-hydrogen) atoms. The zero-order chi connectivity index (χ0) is 14.2. The van der Waals surface area contributed by atoms with Crippen molar-refractivity contribution in [2.45, 2.75) is 45.4 Å². The molecule has 0 unspecified atom stereocenters. The lowest BCUT2D eigenvalue weighted by atomic mass is 10.1. The minimum absolute atomic E-state index is 0.181. The first-order valence-electron chi connectivity index (χ1n) is 7.27. The van der Waals surface area contributed by atoms with Crippen LogP contribution in [0.25, 0.3) is 0 Å². The van der Waals surface area contributed by atoms with Crippen molar-refractivity contribution in [3.8, 4) is 0 Å². The van der Waals surface area contributed by atoms with Gasteiger partial charge in [0.15, 0.2) is 0 Å². The number of carbonyl (C=O) groups is 1. The lowest BCUT2D eigenvalue weighted by Gasteiger charge is -2.05. The molecule has 1 aliphatic carbocycles. The molecule has 0 saturated heterocycles. The third-order valence-corrected chi connectivity index (χ3v) is 3.43. The monoisotopic (exact) mass is 271 g/mol. The Hall–Kier alpha value is -1.97. The van der Waals surface area contributed by atoms with Crippen molar-refractivity contribution in [3.63, 3.8) is 0 Å². The molecule has 1 heterocycles. The van der Waals surface area contributed by atoms with Gasteiger partial charge < -0.3 is 0 Å². The number of nitrogens with zero attached hydrogens (tertiary/aromatic N) is 2. The van der Waals surface area contributed by atoms with Gasteiger partial charge in [-0.25, -0.2) is 5.43 Å². The van der Waals surface area contributed by atoms with Crippen LogP contribution in [-0.4, -0.2) is 16.6 Å². The number of rotatable bonds is 6. The lowest BCUT2D eigenvalue weighted by Crippen LogP contribution is -2.19. The number of aromatic nitrogens is 1. The Kier molecular flexibility index (Phi) is 5.47. The summed E-state index contributed by atoms with van der Waals surface area (Å²) in [6, 6.07) is 3.37. The van der Waals surface area contributed by atoms with E-state index in [4.69, 9.17) is 0 Å². The van der Waals surface area contributed by atoms with Crippen LogP contribution in [0.15, 0.2) is 41.3 Å². The highest BCUT2D eigenvalue weighted by Crippen LogP contribution is 2.21. The number of hydrazone groups is 1. The van der Waals surface area contributed by atoms with Gasteiger partial charge in [-0.1, -0.05) is 25.8 Å². The first-order valence-corrected chi connectivity index (χ1v) is 7.27. The summed E-state index contributed by atoms with van der Waals surface area (Å²) in [4.78, 5) is 15.8. The molecule has 0 atom stereocenters. The molecule has 0 saturated carbocycles. The number of amides is 1. The molecule has 0 aliphatic heterocycles. The Morgan fingerprint density at radius 2 is 2.15 bits per heavy atom. The Morgan fingerprint density at radius 3 is 2.90 bits per heavy atom. The highest BCUT2D eigenvalue weighted by molar-refractivity contribution is 6.03. The number of hydrogen-bond acceptors (Lipinski definition) is 3. The Morgan fingerprint density at radius 1 is 1.35 bits per heavy atom. The summed E-state index contributed by atoms with van der Waals surface area (Å²) in [5.41, 5.74) is 5.55. The minimum atomic E-state index is -0.181. The molecule has 0 spiro atoms. The average molecular weight is 271 g/mol. The number of nitrogens with one attached hydrogen (secondary N) is 1. The van der Waals surface area contributed by atoms with Crippen molar-refractivity contribution in [2.75, 3.05) is 0 Å². The van der Waals surface area contributed by atoms with Gasteiger partial charge in [0.25, 0.3) is 5.91 Å². The number of pyridine rings is 1. The minimum Gasteiger partial charge on any atom is -0.267 e. The van der Waals surface area contributed by atoms with Gasteiger partial charge in [-0.3, -0.25) is 9.78 Å². The van der Waals surface area contributed by atoms with Gasteiger partial charge in [-0.05, 0) is 43.4 Å². The summed E-state index contributed by atoms with van der Waals surface area (Å²) in [7, 11) is 0. The van der Waals surface area contributed by atoms with Gasteiger partial charge in [0.1, 0.15) is 0 Å². The maximum atomic E-state index is 11.9. The summed E-state index contributed by atoms with van der Waals surface area (Å²) in [6.07, 6.45) is 12.1. The van der Waals surface area contributed by atoms with Crippen molar-refractivity contribution >= 4 is 11.6 Å². The number of carbonyl (C=O) groups excluding carboxylic acids is 1. The Bertz CT molecular complexity index is 506. The van der Waals surface area contributed by atoms with E-state index in [1.165, 1.54) is 24.8 Å². The van der Waals surface area contributed by atoms with E-state index in [1.807, 2.05) is 0 Å². The lowest BCUT2D eigenvalue weighted by molar-refractivity contribution is 0.0954. The van der Waals surface area contributed by atoms with Crippen LogP contribution in [0.4, 0.5) is 0 Å². The third kappa shape index (κ3) is 4.02. The van der Waals surface area contributed by atoms with Gasteiger partial charge in [-0.2, -0.15) is 5.10 Å². The van der Waals surface area contributed by atoms with Crippen LogP contribution < -0.4 is 5.43 Å². The van der Waals surface area contributed by atoms with Gasteiger partial charge >= 0.3 is 0 Å². The predicted molar refractivity (Wildman–Crippen MR) is 80.6 cm³/mol. The van der Waals surface area contributed by atoms with E-state index in [0.717, 1.165) is 25.0 Å². The zero-order valence-electron chi connectivity index (χ0n) is 11.9. The SMILES string of the molecule is CCCCCC1=CCCC1=NNC(=O)c1ccncc1. The quantitative estimate of drug-likeness (QED) is 0.636. The number of unbranched alkanes of at least 4 members (excludes halogenated alkanes) is 2. The van der Waals surface area contributed by atoms with Crippen LogP contribution in [0, 0.1) is 0 Å². The molecule has 0 radical (unpaired) electrons. The second-order valence-corrected chi connectivity index (χ2v) is 4.96.